The zero-order valence-electron chi connectivity index (χ0n) is 13.1. The van der Waals surface area contributed by atoms with E-state index < -0.39 is 0 Å². The van der Waals surface area contributed by atoms with E-state index in [2.05, 4.69) is 63.6 Å². The molecular formula is C15H29N3. The van der Waals surface area contributed by atoms with Crippen molar-refractivity contribution in [3.8, 4) is 0 Å². The molecule has 0 saturated heterocycles. The van der Waals surface area contributed by atoms with Crippen LogP contribution in [0.15, 0.2) is 0 Å². The second kappa shape index (κ2) is 5.87. The maximum atomic E-state index is 4.63. The molecule has 3 nitrogen and oxygen atoms in total. The van der Waals surface area contributed by atoms with Gasteiger partial charge in [0.2, 0.25) is 0 Å². The van der Waals surface area contributed by atoms with Crippen molar-refractivity contribution < 1.29 is 0 Å². The Bertz CT molecular complexity index is 389. The highest BCUT2D eigenvalue weighted by Crippen LogP contribution is 2.20. The lowest BCUT2D eigenvalue weighted by Crippen LogP contribution is -2.35. The van der Waals surface area contributed by atoms with Gasteiger partial charge in [-0.2, -0.15) is 5.10 Å². The number of aromatic nitrogens is 2. The molecule has 0 saturated carbocycles. The van der Waals surface area contributed by atoms with Gasteiger partial charge in [-0.15, -0.1) is 0 Å². The summed E-state index contributed by atoms with van der Waals surface area (Å²) in [5, 5.41) is 8.17. The predicted molar refractivity (Wildman–Crippen MR) is 77.9 cm³/mol. The van der Waals surface area contributed by atoms with Crippen LogP contribution in [0, 0.1) is 32.1 Å². The molecule has 0 radical (unpaired) electrons. The highest BCUT2D eigenvalue weighted by atomic mass is 15.3. The summed E-state index contributed by atoms with van der Waals surface area (Å²) in [6, 6.07) is 0. The van der Waals surface area contributed by atoms with Crippen LogP contribution in [0.3, 0.4) is 0 Å². The Hall–Kier alpha value is -0.830. The summed E-state index contributed by atoms with van der Waals surface area (Å²) in [5.41, 5.74) is 3.99. The van der Waals surface area contributed by atoms with E-state index in [0.717, 1.165) is 25.3 Å². The second-order valence-corrected chi connectivity index (χ2v) is 6.64. The van der Waals surface area contributed by atoms with Crippen LogP contribution in [-0.2, 0) is 6.54 Å². The summed E-state index contributed by atoms with van der Waals surface area (Å²) in [4.78, 5) is 0. The minimum absolute atomic E-state index is 0.227. The first-order valence-corrected chi connectivity index (χ1v) is 6.94. The lowest BCUT2D eigenvalue weighted by Gasteiger charge is -2.26. The summed E-state index contributed by atoms with van der Waals surface area (Å²) < 4.78 is 2.15. The lowest BCUT2D eigenvalue weighted by atomic mass is 9.93. The van der Waals surface area contributed by atoms with Gasteiger partial charge in [0, 0.05) is 18.8 Å². The summed E-state index contributed by atoms with van der Waals surface area (Å²) in [5.74, 6) is 0.705. The fourth-order valence-electron chi connectivity index (χ4n) is 2.10. The van der Waals surface area contributed by atoms with Crippen LogP contribution in [0.2, 0.25) is 0 Å². The molecule has 0 spiro atoms. The topological polar surface area (TPSA) is 29.9 Å². The molecule has 0 bridgehead atoms. The Balaban J connectivity index is 2.61. The summed E-state index contributed by atoms with van der Waals surface area (Å²) >= 11 is 0. The van der Waals surface area contributed by atoms with E-state index in [1.165, 1.54) is 11.3 Å². The number of rotatable bonds is 6. The van der Waals surface area contributed by atoms with E-state index in [1.54, 1.807) is 0 Å². The van der Waals surface area contributed by atoms with Gasteiger partial charge in [-0.25, -0.2) is 0 Å². The maximum absolute atomic E-state index is 4.63. The van der Waals surface area contributed by atoms with Gasteiger partial charge >= 0.3 is 0 Å². The highest BCUT2D eigenvalue weighted by molar-refractivity contribution is 5.22. The molecule has 0 amide bonds. The van der Waals surface area contributed by atoms with Crippen molar-refractivity contribution in [2.75, 3.05) is 13.1 Å². The largest absolute Gasteiger partial charge is 0.316 e. The van der Waals surface area contributed by atoms with Crippen molar-refractivity contribution in [1.82, 2.24) is 15.1 Å². The third kappa shape index (κ3) is 4.13. The predicted octanol–water partition coefficient (Wildman–Crippen LogP) is 3.08. The monoisotopic (exact) mass is 251 g/mol. The molecule has 1 rings (SSSR count). The van der Waals surface area contributed by atoms with Gasteiger partial charge in [0.1, 0.15) is 0 Å². The number of hydrogen-bond acceptors (Lipinski definition) is 2. The number of hydrogen-bond donors (Lipinski definition) is 1. The molecule has 1 heterocycles. The number of aryl methyl sites for hydroxylation is 1. The molecule has 1 aromatic rings. The van der Waals surface area contributed by atoms with Gasteiger partial charge in [-0.3, -0.25) is 4.68 Å². The van der Waals surface area contributed by atoms with Crippen molar-refractivity contribution in [2.24, 2.45) is 11.3 Å². The van der Waals surface area contributed by atoms with Crippen molar-refractivity contribution >= 4 is 0 Å². The van der Waals surface area contributed by atoms with E-state index in [0.29, 0.717) is 5.92 Å². The molecule has 3 heteroatoms. The Morgan fingerprint density at radius 2 is 1.83 bits per heavy atom. The number of nitrogens with one attached hydrogen (secondary N) is 1. The zero-order valence-corrected chi connectivity index (χ0v) is 13.1. The Morgan fingerprint density at radius 3 is 2.28 bits per heavy atom. The molecule has 1 aromatic heterocycles. The minimum Gasteiger partial charge on any atom is -0.316 e. The number of nitrogens with zero attached hydrogens (tertiary/aromatic N) is 2. The van der Waals surface area contributed by atoms with Crippen LogP contribution < -0.4 is 5.32 Å². The van der Waals surface area contributed by atoms with Crippen LogP contribution in [-0.4, -0.2) is 22.9 Å². The summed E-state index contributed by atoms with van der Waals surface area (Å²) in [7, 11) is 0. The Kier molecular flexibility index (Phi) is 4.97. The average Bonchev–Trinajstić information content (AvgIpc) is 2.45. The molecule has 0 aliphatic heterocycles. The fraction of sp³-hybridized carbons (Fsp3) is 0.800. The van der Waals surface area contributed by atoms with E-state index in [4.69, 9.17) is 0 Å². The van der Waals surface area contributed by atoms with Gasteiger partial charge in [-0.05, 0) is 44.2 Å². The van der Waals surface area contributed by atoms with E-state index in [9.17, 15) is 0 Å². The van der Waals surface area contributed by atoms with Crippen LogP contribution in [0.4, 0.5) is 0 Å². The first-order valence-electron chi connectivity index (χ1n) is 6.94. The SMILES string of the molecule is Cc1nn(CC(C)(C)CNCC(C)C)c(C)c1C. The van der Waals surface area contributed by atoms with E-state index in [-0.39, 0.29) is 5.41 Å². The third-order valence-electron chi connectivity index (χ3n) is 3.48. The maximum Gasteiger partial charge on any atom is 0.0625 e. The normalized spacial score (nSPS) is 12.4. The van der Waals surface area contributed by atoms with Crippen LogP contribution in [0.25, 0.3) is 0 Å². The molecule has 0 unspecified atom stereocenters. The first-order chi connectivity index (χ1) is 8.23. The standard InChI is InChI=1S/C15H29N3/c1-11(2)8-16-9-15(6,7)10-18-14(5)12(3)13(4)17-18/h11,16H,8-10H2,1-7H3. The lowest BCUT2D eigenvalue weighted by molar-refractivity contribution is 0.269. The summed E-state index contributed by atoms with van der Waals surface area (Å²) in [6.45, 7) is 18.6. The van der Waals surface area contributed by atoms with Crippen LogP contribution >= 0.6 is 0 Å². The molecule has 0 atom stereocenters. The first kappa shape index (κ1) is 15.2. The average molecular weight is 251 g/mol. The van der Waals surface area contributed by atoms with Crippen LogP contribution in [0.5, 0.6) is 0 Å². The molecule has 1 N–H and O–H groups in total. The molecule has 0 aliphatic carbocycles. The van der Waals surface area contributed by atoms with Crippen molar-refractivity contribution in [3.63, 3.8) is 0 Å². The quantitative estimate of drug-likeness (QED) is 0.842. The van der Waals surface area contributed by atoms with E-state index in [1.807, 2.05) is 0 Å². The second-order valence-electron chi connectivity index (χ2n) is 6.64. The third-order valence-corrected chi connectivity index (χ3v) is 3.48. The molecule has 18 heavy (non-hydrogen) atoms. The Labute approximate surface area is 112 Å². The van der Waals surface area contributed by atoms with Crippen LogP contribution in [0.1, 0.15) is 44.6 Å². The van der Waals surface area contributed by atoms with E-state index >= 15 is 0 Å². The van der Waals surface area contributed by atoms with Gasteiger partial charge < -0.3 is 5.32 Å². The van der Waals surface area contributed by atoms with Gasteiger partial charge in [-0.1, -0.05) is 27.7 Å². The summed E-state index contributed by atoms with van der Waals surface area (Å²) in [6.07, 6.45) is 0. The smallest absolute Gasteiger partial charge is 0.0625 e. The molecule has 0 fully saturated rings. The van der Waals surface area contributed by atoms with Crippen molar-refractivity contribution in [2.45, 2.75) is 55.0 Å². The molecule has 0 aromatic carbocycles. The highest BCUT2D eigenvalue weighted by Gasteiger charge is 2.20. The molecule has 0 aliphatic rings. The van der Waals surface area contributed by atoms with Gasteiger partial charge in [0.05, 0.1) is 5.69 Å². The zero-order chi connectivity index (χ0) is 13.9. The molecule has 104 valence electrons. The van der Waals surface area contributed by atoms with Gasteiger partial charge in [0.15, 0.2) is 0 Å². The minimum atomic E-state index is 0.227. The van der Waals surface area contributed by atoms with Crippen molar-refractivity contribution in [1.29, 1.82) is 0 Å². The van der Waals surface area contributed by atoms with Crippen molar-refractivity contribution in [3.05, 3.63) is 17.0 Å². The van der Waals surface area contributed by atoms with Gasteiger partial charge in [0.25, 0.3) is 0 Å². The fourth-order valence-corrected chi connectivity index (χ4v) is 2.10. The Morgan fingerprint density at radius 1 is 1.22 bits per heavy atom. The molecular weight excluding hydrogens is 222 g/mol.